The Labute approximate surface area is 84.6 Å². The Bertz CT molecular complexity index is 601. The van der Waals surface area contributed by atoms with E-state index in [1.54, 1.807) is 13.0 Å². The topological polar surface area (TPSA) is 71.7 Å². The van der Waals surface area contributed by atoms with Crippen LogP contribution in [0, 0.1) is 6.92 Å². The van der Waals surface area contributed by atoms with Gasteiger partial charge in [-0.2, -0.15) is 0 Å². The van der Waals surface area contributed by atoms with Crippen LogP contribution < -0.4 is 5.56 Å². The van der Waals surface area contributed by atoms with E-state index in [1.165, 1.54) is 6.20 Å². The standard InChI is InChI=1S/C10H8N2O3/c1-6-2-3-12-9(8(6)14)11-4-7(5-13)10(12)15/h2-5,14H,1H3. The van der Waals surface area contributed by atoms with Gasteiger partial charge in [-0.25, -0.2) is 4.98 Å². The molecule has 0 aliphatic rings. The van der Waals surface area contributed by atoms with E-state index in [0.29, 0.717) is 11.8 Å². The molecular weight excluding hydrogens is 196 g/mol. The first-order valence-corrected chi connectivity index (χ1v) is 4.30. The van der Waals surface area contributed by atoms with Crippen molar-refractivity contribution in [2.45, 2.75) is 6.92 Å². The van der Waals surface area contributed by atoms with E-state index in [2.05, 4.69) is 4.98 Å². The summed E-state index contributed by atoms with van der Waals surface area (Å²) >= 11 is 0. The van der Waals surface area contributed by atoms with Gasteiger partial charge in [-0.15, -0.1) is 0 Å². The average molecular weight is 204 g/mol. The molecule has 15 heavy (non-hydrogen) atoms. The summed E-state index contributed by atoms with van der Waals surface area (Å²) in [6, 6.07) is 1.58. The zero-order valence-corrected chi connectivity index (χ0v) is 7.97. The number of carbonyl (C=O) groups is 1. The molecule has 0 amide bonds. The maximum absolute atomic E-state index is 11.6. The second kappa shape index (κ2) is 3.20. The summed E-state index contributed by atoms with van der Waals surface area (Å²) in [5, 5.41) is 9.64. The van der Waals surface area contributed by atoms with Crippen molar-refractivity contribution in [3.63, 3.8) is 0 Å². The Morgan fingerprint density at radius 2 is 2.27 bits per heavy atom. The summed E-state index contributed by atoms with van der Waals surface area (Å²) < 4.78 is 1.14. The predicted molar refractivity (Wildman–Crippen MR) is 53.3 cm³/mol. The monoisotopic (exact) mass is 204 g/mol. The van der Waals surface area contributed by atoms with Gasteiger partial charge in [0.25, 0.3) is 5.56 Å². The number of nitrogens with zero attached hydrogens (tertiary/aromatic N) is 2. The smallest absolute Gasteiger partial charge is 0.268 e. The van der Waals surface area contributed by atoms with Crippen molar-refractivity contribution in [1.82, 2.24) is 9.38 Å². The maximum Gasteiger partial charge on any atom is 0.268 e. The molecule has 5 heteroatoms. The number of fused-ring (bicyclic) bond motifs is 1. The van der Waals surface area contributed by atoms with Crippen molar-refractivity contribution in [2.24, 2.45) is 0 Å². The molecular formula is C10H8N2O3. The lowest BCUT2D eigenvalue weighted by Crippen LogP contribution is -2.18. The minimum atomic E-state index is -0.481. The Hall–Kier alpha value is -2.17. The van der Waals surface area contributed by atoms with Gasteiger partial charge in [0, 0.05) is 12.4 Å². The molecule has 0 saturated heterocycles. The largest absolute Gasteiger partial charge is 0.504 e. The van der Waals surface area contributed by atoms with Crippen molar-refractivity contribution < 1.29 is 9.90 Å². The second-order valence-electron chi connectivity index (χ2n) is 3.18. The van der Waals surface area contributed by atoms with Crippen molar-refractivity contribution in [2.75, 3.05) is 0 Å². The van der Waals surface area contributed by atoms with Crippen LogP contribution in [0.15, 0.2) is 23.3 Å². The number of aldehydes is 1. The molecule has 0 bridgehead atoms. The van der Waals surface area contributed by atoms with Gasteiger partial charge in [0.2, 0.25) is 0 Å². The Balaban J connectivity index is 2.98. The molecule has 0 spiro atoms. The summed E-state index contributed by atoms with van der Waals surface area (Å²) in [7, 11) is 0. The van der Waals surface area contributed by atoms with E-state index >= 15 is 0 Å². The molecule has 2 rings (SSSR count). The van der Waals surface area contributed by atoms with E-state index in [9.17, 15) is 14.7 Å². The van der Waals surface area contributed by atoms with Crippen molar-refractivity contribution in [3.05, 3.63) is 39.9 Å². The quantitative estimate of drug-likeness (QED) is 0.687. The molecule has 2 heterocycles. The minimum Gasteiger partial charge on any atom is -0.504 e. The summed E-state index contributed by atoms with van der Waals surface area (Å²) in [6.07, 6.45) is 3.08. The molecule has 5 nitrogen and oxygen atoms in total. The van der Waals surface area contributed by atoms with Crippen LogP contribution in [0.1, 0.15) is 15.9 Å². The van der Waals surface area contributed by atoms with Crippen LogP contribution >= 0.6 is 0 Å². The highest BCUT2D eigenvalue weighted by Crippen LogP contribution is 2.19. The van der Waals surface area contributed by atoms with Gasteiger partial charge in [-0.05, 0) is 18.6 Å². The third-order valence-electron chi connectivity index (χ3n) is 2.21. The summed E-state index contributed by atoms with van der Waals surface area (Å²) in [5.74, 6) is -0.0490. The van der Waals surface area contributed by atoms with E-state index < -0.39 is 5.56 Å². The first kappa shape index (κ1) is 9.39. The highest BCUT2D eigenvalue weighted by molar-refractivity contribution is 5.74. The first-order valence-electron chi connectivity index (χ1n) is 4.30. The number of rotatable bonds is 1. The fraction of sp³-hybridized carbons (Fsp3) is 0.100. The van der Waals surface area contributed by atoms with Crippen LogP contribution in [0.4, 0.5) is 0 Å². The molecule has 0 atom stereocenters. The highest BCUT2D eigenvalue weighted by Gasteiger charge is 2.08. The lowest BCUT2D eigenvalue weighted by molar-refractivity contribution is 0.112. The molecule has 0 radical (unpaired) electrons. The molecule has 0 aliphatic heterocycles. The van der Waals surface area contributed by atoms with Gasteiger partial charge in [-0.3, -0.25) is 14.0 Å². The fourth-order valence-electron chi connectivity index (χ4n) is 1.32. The molecule has 76 valence electrons. The second-order valence-corrected chi connectivity index (χ2v) is 3.18. The normalized spacial score (nSPS) is 10.5. The van der Waals surface area contributed by atoms with Crippen molar-refractivity contribution >= 4 is 11.9 Å². The molecule has 0 saturated carbocycles. The molecule has 2 aromatic rings. The van der Waals surface area contributed by atoms with E-state index in [4.69, 9.17) is 0 Å². The molecule has 1 N–H and O–H groups in total. The van der Waals surface area contributed by atoms with Crippen LogP contribution in [-0.4, -0.2) is 20.8 Å². The summed E-state index contributed by atoms with van der Waals surface area (Å²) in [4.78, 5) is 26.0. The average Bonchev–Trinajstić information content (AvgIpc) is 2.24. The zero-order chi connectivity index (χ0) is 11.0. The number of pyridine rings is 1. The van der Waals surface area contributed by atoms with Gasteiger partial charge >= 0.3 is 0 Å². The van der Waals surface area contributed by atoms with Gasteiger partial charge in [0.15, 0.2) is 17.7 Å². The number of hydrogen-bond acceptors (Lipinski definition) is 4. The van der Waals surface area contributed by atoms with Gasteiger partial charge in [0.1, 0.15) is 0 Å². The number of aromatic nitrogens is 2. The Kier molecular flexibility index (Phi) is 2.00. The molecule has 0 unspecified atom stereocenters. The first-order chi connectivity index (χ1) is 7.15. The minimum absolute atomic E-state index is 0.0317. The molecule has 0 fully saturated rings. The lowest BCUT2D eigenvalue weighted by Gasteiger charge is -2.04. The number of aryl methyl sites for hydroxylation is 1. The van der Waals surface area contributed by atoms with Crippen LogP contribution in [0.25, 0.3) is 5.65 Å². The number of hydrogen-bond donors (Lipinski definition) is 1. The van der Waals surface area contributed by atoms with Crippen LogP contribution in [-0.2, 0) is 0 Å². The van der Waals surface area contributed by atoms with Crippen molar-refractivity contribution in [1.29, 1.82) is 0 Å². The summed E-state index contributed by atoms with van der Waals surface area (Å²) in [5.41, 5.74) is 0.271. The Morgan fingerprint density at radius 1 is 1.53 bits per heavy atom. The Morgan fingerprint density at radius 3 is 2.93 bits per heavy atom. The van der Waals surface area contributed by atoms with E-state index in [-0.39, 0.29) is 17.0 Å². The molecule has 0 aromatic carbocycles. The highest BCUT2D eigenvalue weighted by atomic mass is 16.3. The third kappa shape index (κ3) is 1.28. The zero-order valence-electron chi connectivity index (χ0n) is 7.97. The third-order valence-corrected chi connectivity index (χ3v) is 2.21. The number of aromatic hydroxyl groups is 1. The van der Waals surface area contributed by atoms with Gasteiger partial charge in [0.05, 0.1) is 5.56 Å². The SMILES string of the molecule is Cc1ccn2c(=O)c(C=O)cnc2c1O. The fourth-order valence-corrected chi connectivity index (χ4v) is 1.32. The van der Waals surface area contributed by atoms with Crippen LogP contribution in [0.3, 0.4) is 0 Å². The van der Waals surface area contributed by atoms with E-state index in [0.717, 1.165) is 10.6 Å². The van der Waals surface area contributed by atoms with Gasteiger partial charge < -0.3 is 5.11 Å². The van der Waals surface area contributed by atoms with E-state index in [1.807, 2.05) is 0 Å². The molecule has 0 aliphatic carbocycles. The maximum atomic E-state index is 11.6. The molecule has 2 aromatic heterocycles. The van der Waals surface area contributed by atoms with Crippen molar-refractivity contribution in [3.8, 4) is 5.75 Å². The van der Waals surface area contributed by atoms with Crippen LogP contribution in [0.2, 0.25) is 0 Å². The van der Waals surface area contributed by atoms with Crippen LogP contribution in [0.5, 0.6) is 5.75 Å². The van der Waals surface area contributed by atoms with Gasteiger partial charge in [-0.1, -0.05) is 0 Å². The predicted octanol–water partition coefficient (Wildman–Crippen LogP) is 0.521. The lowest BCUT2D eigenvalue weighted by atomic mass is 10.2. The summed E-state index contributed by atoms with van der Waals surface area (Å²) in [6.45, 7) is 1.70. The number of carbonyl (C=O) groups excluding carboxylic acids is 1.